The lowest BCUT2D eigenvalue weighted by Crippen LogP contribution is -2.16. The molecule has 0 aliphatic carbocycles. The zero-order valence-corrected chi connectivity index (χ0v) is 15.8. The first-order valence-corrected chi connectivity index (χ1v) is 8.49. The Bertz CT molecular complexity index is 981. The lowest BCUT2D eigenvalue weighted by molar-refractivity contribution is -0.114. The summed E-state index contributed by atoms with van der Waals surface area (Å²) in [5.74, 6) is -2.40. The average Bonchev–Trinajstić information content (AvgIpc) is 2.63. The number of nitrogens with one attached hydrogen (secondary N) is 2. The minimum atomic E-state index is -1.22. The van der Waals surface area contributed by atoms with Crippen LogP contribution in [0.15, 0.2) is 54.1 Å². The Morgan fingerprint density at radius 2 is 1.54 bits per heavy atom. The minimum Gasteiger partial charge on any atom is -0.478 e. The third-order valence-corrected chi connectivity index (χ3v) is 4.05. The molecule has 2 aromatic carbocycles. The van der Waals surface area contributed by atoms with Crippen LogP contribution in [0.4, 0.5) is 11.4 Å². The summed E-state index contributed by atoms with van der Waals surface area (Å²) in [5, 5.41) is 14.2. The van der Waals surface area contributed by atoms with Gasteiger partial charge in [0.25, 0.3) is 5.91 Å². The lowest BCUT2D eigenvalue weighted by atomic mass is 10.1. The molecule has 0 spiro atoms. The van der Waals surface area contributed by atoms with Crippen molar-refractivity contribution in [3.05, 3.63) is 70.3 Å². The van der Waals surface area contributed by atoms with E-state index in [-0.39, 0.29) is 27.6 Å². The van der Waals surface area contributed by atoms with Gasteiger partial charge in [0.2, 0.25) is 5.91 Å². The topological polar surface area (TPSA) is 113 Å². The molecule has 0 aromatic heterocycles. The fourth-order valence-electron chi connectivity index (χ4n) is 2.23. The summed E-state index contributed by atoms with van der Waals surface area (Å²) in [6.07, 6.45) is 1.09. The predicted molar refractivity (Wildman–Crippen MR) is 106 cm³/mol. The lowest BCUT2D eigenvalue weighted by Gasteiger charge is -2.07. The highest BCUT2D eigenvalue weighted by Crippen LogP contribution is 2.20. The van der Waals surface area contributed by atoms with Crippen LogP contribution in [0.5, 0.6) is 0 Å². The number of carbonyl (C=O) groups excluding carboxylic acids is 3. The Balaban J connectivity index is 2.04. The van der Waals surface area contributed by atoms with Gasteiger partial charge >= 0.3 is 5.97 Å². The summed E-state index contributed by atoms with van der Waals surface area (Å²) >= 11 is 5.78. The van der Waals surface area contributed by atoms with Crippen LogP contribution < -0.4 is 10.6 Å². The predicted octanol–water partition coefficient (Wildman–Crippen LogP) is 3.76. The number of aromatic carboxylic acids is 1. The van der Waals surface area contributed by atoms with Crippen LogP contribution in [0.3, 0.4) is 0 Å². The second-order valence-corrected chi connectivity index (χ2v) is 6.31. The molecule has 0 saturated heterocycles. The average molecular weight is 401 g/mol. The second kappa shape index (κ2) is 8.96. The standard InChI is InChI=1S/C20H17ClN2O5/c1-11(19(26)23-14-5-3-13(4-6-14)12(2)24)9-18(25)22-15-7-8-17(21)16(10-15)20(27)28/h3-10H,1-2H3,(H,22,25)(H,23,26)(H,27,28)/b11-9-. The maximum Gasteiger partial charge on any atom is 0.337 e. The molecule has 2 aromatic rings. The molecule has 0 atom stereocenters. The van der Waals surface area contributed by atoms with Crippen molar-refractivity contribution in [3.63, 3.8) is 0 Å². The van der Waals surface area contributed by atoms with Crippen LogP contribution in [-0.2, 0) is 9.59 Å². The van der Waals surface area contributed by atoms with Crippen molar-refractivity contribution in [2.45, 2.75) is 13.8 Å². The van der Waals surface area contributed by atoms with Crippen LogP contribution >= 0.6 is 11.6 Å². The maximum atomic E-state index is 12.2. The Morgan fingerprint density at radius 1 is 0.929 bits per heavy atom. The molecule has 3 N–H and O–H groups in total. The van der Waals surface area contributed by atoms with E-state index in [4.69, 9.17) is 16.7 Å². The summed E-state index contributed by atoms with van der Waals surface area (Å²) in [4.78, 5) is 46.6. The molecule has 0 unspecified atom stereocenters. The number of hydrogen-bond acceptors (Lipinski definition) is 4. The summed E-state index contributed by atoms with van der Waals surface area (Å²) in [7, 11) is 0. The number of Topliss-reactive ketones (excluding diaryl/α,β-unsaturated/α-hetero) is 1. The third kappa shape index (κ3) is 5.52. The number of ketones is 1. The molecule has 8 heteroatoms. The third-order valence-electron chi connectivity index (χ3n) is 3.72. The van der Waals surface area contributed by atoms with Crippen LogP contribution in [0, 0.1) is 0 Å². The van der Waals surface area contributed by atoms with Crippen LogP contribution in [0.1, 0.15) is 34.6 Å². The number of anilines is 2. The van der Waals surface area contributed by atoms with Crippen molar-refractivity contribution >= 4 is 46.5 Å². The van der Waals surface area contributed by atoms with E-state index in [9.17, 15) is 19.2 Å². The first-order valence-electron chi connectivity index (χ1n) is 8.12. The summed E-state index contributed by atoms with van der Waals surface area (Å²) in [6, 6.07) is 10.4. The monoisotopic (exact) mass is 400 g/mol. The molecule has 0 radical (unpaired) electrons. The van der Waals surface area contributed by atoms with Crippen molar-refractivity contribution in [2.75, 3.05) is 10.6 Å². The van der Waals surface area contributed by atoms with Gasteiger partial charge in [0.15, 0.2) is 5.78 Å². The zero-order chi connectivity index (χ0) is 20.8. The minimum absolute atomic E-state index is 0.0485. The van der Waals surface area contributed by atoms with Gasteiger partial charge < -0.3 is 15.7 Å². The number of halogens is 1. The van der Waals surface area contributed by atoms with Crippen LogP contribution in [0.25, 0.3) is 0 Å². The Kier molecular flexibility index (Phi) is 6.68. The number of rotatable bonds is 6. The fraction of sp³-hybridized carbons (Fsp3) is 0.100. The summed E-state index contributed by atoms with van der Waals surface area (Å²) < 4.78 is 0. The van der Waals surface area contributed by atoms with Gasteiger partial charge in [-0.25, -0.2) is 4.79 Å². The van der Waals surface area contributed by atoms with Crippen molar-refractivity contribution in [3.8, 4) is 0 Å². The van der Waals surface area contributed by atoms with Crippen molar-refractivity contribution in [1.29, 1.82) is 0 Å². The second-order valence-electron chi connectivity index (χ2n) is 5.90. The summed E-state index contributed by atoms with van der Waals surface area (Å²) in [6.45, 7) is 2.91. The number of carbonyl (C=O) groups is 4. The van der Waals surface area contributed by atoms with E-state index in [0.29, 0.717) is 11.3 Å². The van der Waals surface area contributed by atoms with Crippen molar-refractivity contribution in [2.24, 2.45) is 0 Å². The normalized spacial score (nSPS) is 10.9. The molecule has 144 valence electrons. The SMILES string of the molecule is CC(=O)c1ccc(NC(=O)/C(C)=C\C(=O)Nc2ccc(Cl)c(C(=O)O)c2)cc1. The van der Waals surface area contributed by atoms with E-state index in [2.05, 4.69) is 10.6 Å². The van der Waals surface area contributed by atoms with Crippen molar-refractivity contribution in [1.82, 2.24) is 0 Å². The molecular formula is C20H17ClN2O5. The molecular weight excluding hydrogens is 384 g/mol. The number of amides is 2. The Hall–Kier alpha value is -3.45. The van der Waals surface area contributed by atoms with Gasteiger partial charge in [0, 0.05) is 28.6 Å². The van der Waals surface area contributed by atoms with Gasteiger partial charge in [0.1, 0.15) is 0 Å². The fourth-order valence-corrected chi connectivity index (χ4v) is 2.42. The van der Waals surface area contributed by atoms with Gasteiger partial charge in [-0.3, -0.25) is 14.4 Å². The van der Waals surface area contributed by atoms with E-state index < -0.39 is 17.8 Å². The Labute approximate surface area is 166 Å². The van der Waals surface area contributed by atoms with Crippen molar-refractivity contribution < 1.29 is 24.3 Å². The highest BCUT2D eigenvalue weighted by molar-refractivity contribution is 6.33. The van der Waals surface area contributed by atoms with Gasteiger partial charge in [-0.1, -0.05) is 11.6 Å². The first kappa shape index (κ1) is 20.9. The molecule has 28 heavy (non-hydrogen) atoms. The van der Waals surface area contributed by atoms with Gasteiger partial charge in [-0.2, -0.15) is 0 Å². The largest absolute Gasteiger partial charge is 0.478 e. The molecule has 0 aliphatic heterocycles. The molecule has 0 bridgehead atoms. The van der Waals surface area contributed by atoms with E-state index >= 15 is 0 Å². The highest BCUT2D eigenvalue weighted by atomic mass is 35.5. The maximum absolute atomic E-state index is 12.2. The Morgan fingerprint density at radius 3 is 2.11 bits per heavy atom. The van der Waals surface area contributed by atoms with E-state index in [1.54, 1.807) is 24.3 Å². The number of carboxylic acid groups (broad SMARTS) is 1. The van der Waals surface area contributed by atoms with E-state index in [1.807, 2.05) is 0 Å². The number of carboxylic acids is 1. The van der Waals surface area contributed by atoms with Gasteiger partial charge in [-0.15, -0.1) is 0 Å². The molecule has 0 heterocycles. The van der Waals surface area contributed by atoms with E-state index in [0.717, 1.165) is 6.08 Å². The highest BCUT2D eigenvalue weighted by Gasteiger charge is 2.12. The molecule has 7 nitrogen and oxygen atoms in total. The molecule has 0 aliphatic rings. The number of benzene rings is 2. The van der Waals surface area contributed by atoms with Gasteiger partial charge in [0.05, 0.1) is 10.6 Å². The molecule has 2 amide bonds. The quantitative estimate of drug-likeness (QED) is 0.504. The number of hydrogen-bond donors (Lipinski definition) is 3. The van der Waals surface area contributed by atoms with Crippen LogP contribution in [-0.4, -0.2) is 28.7 Å². The smallest absolute Gasteiger partial charge is 0.337 e. The molecule has 0 fully saturated rings. The molecule has 2 rings (SSSR count). The van der Waals surface area contributed by atoms with E-state index in [1.165, 1.54) is 32.0 Å². The van der Waals surface area contributed by atoms with Gasteiger partial charge in [-0.05, 0) is 56.3 Å². The van der Waals surface area contributed by atoms with Crippen LogP contribution in [0.2, 0.25) is 5.02 Å². The molecule has 0 saturated carbocycles. The zero-order valence-electron chi connectivity index (χ0n) is 15.1. The first-order chi connectivity index (χ1) is 13.2. The summed E-state index contributed by atoms with van der Waals surface area (Å²) in [5.41, 5.74) is 1.23.